The summed E-state index contributed by atoms with van der Waals surface area (Å²) >= 11 is 0. The van der Waals surface area contributed by atoms with Crippen LogP contribution in [0.1, 0.15) is 18.5 Å². The summed E-state index contributed by atoms with van der Waals surface area (Å²) in [5.41, 5.74) is 0.734. The summed E-state index contributed by atoms with van der Waals surface area (Å²) in [6, 6.07) is 17.5. The lowest BCUT2D eigenvalue weighted by molar-refractivity contribution is -0.124. The van der Waals surface area contributed by atoms with Crippen LogP contribution in [0, 0.1) is 0 Å². The van der Waals surface area contributed by atoms with Gasteiger partial charge in [0.25, 0.3) is 0 Å². The molecule has 1 fully saturated rings. The predicted molar refractivity (Wildman–Crippen MR) is 107 cm³/mol. The number of pyridine rings is 1. The lowest BCUT2D eigenvalue weighted by Gasteiger charge is -2.23. The van der Waals surface area contributed by atoms with E-state index in [1.807, 2.05) is 36.4 Å². The van der Waals surface area contributed by atoms with Crippen molar-refractivity contribution in [1.29, 1.82) is 0 Å². The topological polar surface area (TPSA) is 79.4 Å². The smallest absolute Gasteiger partial charge is 0.243 e. The highest BCUT2D eigenvalue weighted by Crippen LogP contribution is 2.28. The second-order valence-electron chi connectivity index (χ2n) is 6.82. The van der Waals surface area contributed by atoms with E-state index in [1.165, 1.54) is 4.31 Å². The summed E-state index contributed by atoms with van der Waals surface area (Å²) in [5, 5.41) is 4.66. The van der Waals surface area contributed by atoms with Crippen molar-refractivity contribution in [2.45, 2.75) is 30.3 Å². The number of fused-ring (bicyclic) bond motifs is 1. The second kappa shape index (κ2) is 7.69. The van der Waals surface area contributed by atoms with Gasteiger partial charge in [0.2, 0.25) is 15.9 Å². The number of amides is 1. The van der Waals surface area contributed by atoms with Gasteiger partial charge in [-0.15, -0.1) is 0 Å². The molecule has 1 atom stereocenters. The van der Waals surface area contributed by atoms with Gasteiger partial charge in [-0.05, 0) is 47.9 Å². The number of aromatic nitrogens is 1. The fraction of sp³-hybridized carbons (Fsp3) is 0.238. The van der Waals surface area contributed by atoms with Gasteiger partial charge in [0.05, 0.1) is 17.1 Å². The summed E-state index contributed by atoms with van der Waals surface area (Å²) in [4.78, 5) is 17.1. The van der Waals surface area contributed by atoms with Crippen LogP contribution in [0.4, 0.5) is 0 Å². The fourth-order valence-electron chi connectivity index (χ4n) is 3.55. The minimum Gasteiger partial charge on any atom is -0.349 e. The molecule has 1 amide bonds. The third-order valence-corrected chi connectivity index (χ3v) is 6.91. The van der Waals surface area contributed by atoms with Crippen molar-refractivity contribution in [3.8, 4) is 0 Å². The SMILES string of the molecule is O=C(NCc1ccccn1)[C@@H]1CCCN1S(=O)(=O)c1ccc2ccccc2c1. The van der Waals surface area contributed by atoms with Gasteiger partial charge in [0.15, 0.2) is 0 Å². The van der Waals surface area contributed by atoms with E-state index in [-0.39, 0.29) is 17.3 Å². The molecule has 2 aromatic carbocycles. The van der Waals surface area contributed by atoms with Gasteiger partial charge in [0.1, 0.15) is 6.04 Å². The number of rotatable bonds is 5. The predicted octanol–water partition coefficient (Wildman–Crippen LogP) is 2.70. The maximum atomic E-state index is 13.2. The van der Waals surface area contributed by atoms with Gasteiger partial charge in [-0.2, -0.15) is 4.31 Å². The number of hydrogen-bond acceptors (Lipinski definition) is 4. The monoisotopic (exact) mass is 395 g/mol. The molecule has 6 nitrogen and oxygen atoms in total. The molecule has 0 saturated carbocycles. The van der Waals surface area contributed by atoms with Crippen molar-refractivity contribution < 1.29 is 13.2 Å². The van der Waals surface area contributed by atoms with Crippen LogP contribution >= 0.6 is 0 Å². The van der Waals surface area contributed by atoms with Gasteiger partial charge < -0.3 is 5.32 Å². The van der Waals surface area contributed by atoms with Crippen molar-refractivity contribution in [2.24, 2.45) is 0 Å². The quantitative estimate of drug-likeness (QED) is 0.720. The maximum Gasteiger partial charge on any atom is 0.243 e. The van der Waals surface area contributed by atoms with Crippen LogP contribution in [0.2, 0.25) is 0 Å². The van der Waals surface area contributed by atoms with Crippen molar-refractivity contribution in [3.05, 3.63) is 72.6 Å². The zero-order valence-corrected chi connectivity index (χ0v) is 16.1. The summed E-state index contributed by atoms with van der Waals surface area (Å²) in [5.74, 6) is -0.285. The molecule has 0 radical (unpaired) electrons. The lowest BCUT2D eigenvalue weighted by Crippen LogP contribution is -2.45. The van der Waals surface area contributed by atoms with Crippen LogP contribution < -0.4 is 5.32 Å². The van der Waals surface area contributed by atoms with E-state index < -0.39 is 16.1 Å². The molecule has 1 saturated heterocycles. The Morgan fingerprint density at radius 1 is 1.07 bits per heavy atom. The Bertz CT molecular complexity index is 1100. The molecule has 0 bridgehead atoms. The first kappa shape index (κ1) is 18.6. The molecular weight excluding hydrogens is 374 g/mol. The minimum absolute atomic E-state index is 0.218. The highest BCUT2D eigenvalue weighted by atomic mass is 32.2. The Morgan fingerprint density at radius 3 is 2.64 bits per heavy atom. The van der Waals surface area contributed by atoms with Gasteiger partial charge in [-0.1, -0.05) is 36.4 Å². The summed E-state index contributed by atoms with van der Waals surface area (Å²) in [7, 11) is -3.75. The second-order valence-corrected chi connectivity index (χ2v) is 8.71. The molecule has 0 unspecified atom stereocenters. The Balaban J connectivity index is 1.54. The van der Waals surface area contributed by atoms with Crippen molar-refractivity contribution in [3.63, 3.8) is 0 Å². The van der Waals surface area contributed by atoms with Crippen LogP contribution in [0.15, 0.2) is 71.8 Å². The fourth-order valence-corrected chi connectivity index (χ4v) is 5.24. The van der Waals surface area contributed by atoms with Crippen LogP contribution in [-0.4, -0.2) is 36.2 Å². The van der Waals surface area contributed by atoms with Crippen LogP contribution in [0.5, 0.6) is 0 Å². The number of nitrogens with one attached hydrogen (secondary N) is 1. The van der Waals surface area contributed by atoms with E-state index in [0.717, 1.165) is 16.5 Å². The molecule has 4 rings (SSSR count). The van der Waals surface area contributed by atoms with E-state index >= 15 is 0 Å². The van der Waals surface area contributed by atoms with Crippen LogP contribution in [0.25, 0.3) is 10.8 Å². The molecule has 1 aliphatic heterocycles. The lowest BCUT2D eigenvalue weighted by atomic mass is 10.1. The van der Waals surface area contributed by atoms with E-state index in [9.17, 15) is 13.2 Å². The largest absolute Gasteiger partial charge is 0.349 e. The molecule has 3 aromatic rings. The Kier molecular flexibility index (Phi) is 5.11. The van der Waals surface area contributed by atoms with Crippen LogP contribution in [-0.2, 0) is 21.4 Å². The molecule has 28 heavy (non-hydrogen) atoms. The highest BCUT2D eigenvalue weighted by Gasteiger charge is 2.39. The third-order valence-electron chi connectivity index (χ3n) is 5.00. The number of carbonyl (C=O) groups is 1. The maximum absolute atomic E-state index is 13.2. The standard InChI is InChI=1S/C21H21N3O3S/c25-21(23-15-18-8-3-4-12-22-18)20-9-5-13-24(20)28(26,27)19-11-10-16-6-1-2-7-17(16)14-19/h1-4,6-8,10-12,14,20H,5,9,13,15H2,(H,23,25)/t20-/m0/s1. The molecule has 2 heterocycles. The summed E-state index contributed by atoms with van der Waals surface area (Å²) in [6.07, 6.45) is 2.84. The zero-order chi connectivity index (χ0) is 19.6. The summed E-state index contributed by atoms with van der Waals surface area (Å²) in [6.45, 7) is 0.622. The average molecular weight is 395 g/mol. The molecular formula is C21H21N3O3S. The number of nitrogens with zero attached hydrogens (tertiary/aromatic N) is 2. The van der Waals surface area contributed by atoms with Crippen LogP contribution in [0.3, 0.4) is 0 Å². The first-order chi connectivity index (χ1) is 13.6. The van der Waals surface area contributed by atoms with E-state index in [1.54, 1.807) is 30.5 Å². The highest BCUT2D eigenvalue weighted by molar-refractivity contribution is 7.89. The first-order valence-electron chi connectivity index (χ1n) is 9.24. The number of carbonyl (C=O) groups excluding carboxylic acids is 1. The first-order valence-corrected chi connectivity index (χ1v) is 10.7. The number of sulfonamides is 1. The molecule has 1 aromatic heterocycles. The molecule has 0 spiro atoms. The van der Waals surface area contributed by atoms with Crippen molar-refractivity contribution in [1.82, 2.24) is 14.6 Å². The molecule has 144 valence electrons. The molecule has 0 aliphatic carbocycles. The molecule has 1 aliphatic rings. The average Bonchev–Trinajstić information content (AvgIpc) is 3.23. The molecule has 1 N–H and O–H groups in total. The van der Waals surface area contributed by atoms with Gasteiger partial charge in [-0.25, -0.2) is 8.42 Å². The van der Waals surface area contributed by atoms with Crippen molar-refractivity contribution in [2.75, 3.05) is 6.54 Å². The van der Waals surface area contributed by atoms with Gasteiger partial charge in [0, 0.05) is 12.7 Å². The zero-order valence-electron chi connectivity index (χ0n) is 15.3. The Morgan fingerprint density at radius 2 is 1.86 bits per heavy atom. The normalized spacial score (nSPS) is 17.6. The Labute approximate surface area is 164 Å². The molecule has 7 heteroatoms. The van der Waals surface area contributed by atoms with E-state index in [0.29, 0.717) is 19.4 Å². The Hall–Kier alpha value is -2.77. The summed E-state index contributed by atoms with van der Waals surface area (Å²) < 4.78 is 27.7. The van der Waals surface area contributed by atoms with E-state index in [4.69, 9.17) is 0 Å². The third kappa shape index (κ3) is 3.63. The minimum atomic E-state index is -3.75. The van der Waals surface area contributed by atoms with Gasteiger partial charge >= 0.3 is 0 Å². The van der Waals surface area contributed by atoms with Crippen molar-refractivity contribution >= 4 is 26.7 Å². The number of hydrogen-bond donors (Lipinski definition) is 1. The van der Waals surface area contributed by atoms with Gasteiger partial charge in [-0.3, -0.25) is 9.78 Å². The van der Waals surface area contributed by atoms with E-state index in [2.05, 4.69) is 10.3 Å². The number of benzene rings is 2.